The molecule has 0 aliphatic carbocycles. The molecule has 1 aromatic carbocycles. The number of rotatable bonds is 9. The number of aromatic nitrogens is 4. The summed E-state index contributed by atoms with van der Waals surface area (Å²) in [7, 11) is 1.60. The number of halogens is 2. The molecule has 2 saturated heterocycles. The molecule has 40 heavy (non-hydrogen) atoms. The molecule has 3 aromatic heterocycles. The van der Waals surface area contributed by atoms with Crippen molar-refractivity contribution in [1.29, 1.82) is 0 Å². The van der Waals surface area contributed by atoms with Crippen LogP contribution in [0.25, 0.3) is 33.6 Å². The zero-order valence-electron chi connectivity index (χ0n) is 22.0. The molecule has 1 amide bonds. The average Bonchev–Trinajstić information content (AvgIpc) is 3.57. The second kappa shape index (κ2) is 11.5. The van der Waals surface area contributed by atoms with Gasteiger partial charge in [-0.25, -0.2) is 4.98 Å². The molecule has 0 bridgehead atoms. The lowest BCUT2D eigenvalue weighted by Crippen LogP contribution is -2.43. The summed E-state index contributed by atoms with van der Waals surface area (Å²) in [6, 6.07) is 12.1. The van der Waals surface area contributed by atoms with Gasteiger partial charge in [0, 0.05) is 78.9 Å². The minimum Gasteiger partial charge on any atom is -0.481 e. The normalized spacial score (nSPS) is 17.1. The molecule has 0 unspecified atom stereocenters. The van der Waals surface area contributed by atoms with Crippen LogP contribution in [-0.2, 0) is 11.3 Å². The highest BCUT2D eigenvalue weighted by molar-refractivity contribution is 6.39. The number of hydrogen-bond donors (Lipinski definition) is 3. The van der Waals surface area contributed by atoms with Crippen molar-refractivity contribution in [3.63, 3.8) is 0 Å². The summed E-state index contributed by atoms with van der Waals surface area (Å²) < 4.78 is 7.56. The zero-order chi connectivity index (χ0) is 27.6. The Balaban J connectivity index is 1.25. The van der Waals surface area contributed by atoms with Crippen molar-refractivity contribution in [2.45, 2.75) is 31.5 Å². The van der Waals surface area contributed by atoms with Crippen LogP contribution in [0.1, 0.15) is 24.4 Å². The number of pyridine rings is 2. The zero-order valence-corrected chi connectivity index (χ0v) is 23.5. The Morgan fingerprint density at radius 3 is 2.67 bits per heavy atom. The van der Waals surface area contributed by atoms with Crippen LogP contribution in [0, 0.1) is 0 Å². The molecule has 0 spiro atoms. The van der Waals surface area contributed by atoms with Gasteiger partial charge in [0.2, 0.25) is 11.8 Å². The van der Waals surface area contributed by atoms with Gasteiger partial charge in [-0.05, 0) is 18.6 Å². The second-order valence-electron chi connectivity index (χ2n) is 10.0. The summed E-state index contributed by atoms with van der Waals surface area (Å²) in [5, 5.41) is 15.2. The molecule has 0 saturated carbocycles. The van der Waals surface area contributed by atoms with Gasteiger partial charge in [-0.1, -0.05) is 47.5 Å². The maximum absolute atomic E-state index is 11.4. The van der Waals surface area contributed by atoms with Crippen LogP contribution in [0.15, 0.2) is 55.0 Å². The smallest absolute Gasteiger partial charge is 0.220 e. The molecule has 2 aliphatic heterocycles. The Kier molecular flexibility index (Phi) is 7.71. The second-order valence-corrected chi connectivity index (χ2v) is 10.8. The van der Waals surface area contributed by atoms with Crippen LogP contribution in [0.2, 0.25) is 10.0 Å². The van der Waals surface area contributed by atoms with Crippen LogP contribution in [0.3, 0.4) is 0 Å². The van der Waals surface area contributed by atoms with Gasteiger partial charge in [0.25, 0.3) is 0 Å². The van der Waals surface area contributed by atoms with Gasteiger partial charge in [-0.2, -0.15) is 5.10 Å². The first-order chi connectivity index (χ1) is 19.5. The number of benzene rings is 1. The highest BCUT2D eigenvalue weighted by atomic mass is 35.5. The minimum absolute atomic E-state index is 0.108. The van der Waals surface area contributed by atoms with E-state index in [1.807, 2.05) is 47.3 Å². The number of nitrogens with zero attached hydrogens (tertiary/aromatic N) is 4. The standard InChI is InChI=1S/C29H29Cl2N7O2/c1-40-29-17(11-32-13-19-6-8-25(39)36-19)5-7-24(37-29)23-4-2-3-21(26(23)30)22-9-10-34-28(27(22)31)18-12-35-38(16-18)20-14-33-15-20/h2-5,7,9-10,12,16,19-20,32-33H,6,8,11,13-15H2,1H3,(H,36,39)/t19-/m0/s1. The number of methoxy groups -OCH3 is 1. The van der Waals surface area contributed by atoms with Crippen molar-refractivity contribution < 1.29 is 9.53 Å². The molecule has 6 rings (SSSR count). The maximum atomic E-state index is 11.4. The maximum Gasteiger partial charge on any atom is 0.220 e. The van der Waals surface area contributed by atoms with Crippen molar-refractivity contribution >= 4 is 29.1 Å². The molecule has 2 aliphatic rings. The summed E-state index contributed by atoms with van der Waals surface area (Å²) in [6.07, 6.45) is 6.95. The largest absolute Gasteiger partial charge is 0.481 e. The number of amides is 1. The van der Waals surface area contributed by atoms with Crippen LogP contribution in [0.4, 0.5) is 0 Å². The van der Waals surface area contributed by atoms with E-state index < -0.39 is 0 Å². The van der Waals surface area contributed by atoms with Gasteiger partial charge in [-0.3, -0.25) is 14.5 Å². The summed E-state index contributed by atoms with van der Waals surface area (Å²) >= 11 is 13.9. The molecule has 4 aromatic rings. The van der Waals surface area contributed by atoms with Crippen molar-refractivity contribution in [1.82, 2.24) is 35.7 Å². The fraction of sp³-hybridized carbons (Fsp3) is 0.310. The van der Waals surface area contributed by atoms with E-state index in [0.29, 0.717) is 52.9 Å². The number of carbonyl (C=O) groups excluding carboxylic acids is 1. The Bertz CT molecular complexity index is 1550. The predicted molar refractivity (Wildman–Crippen MR) is 155 cm³/mol. The quantitative estimate of drug-likeness (QED) is 0.269. The SMILES string of the molecule is COc1nc(-c2cccc(-c3ccnc(-c4cnn(C5CNC5)c4)c3Cl)c2Cl)ccc1CNC[C@@H]1CCC(=O)N1. The average molecular weight is 579 g/mol. The first kappa shape index (κ1) is 26.7. The molecule has 1 atom stereocenters. The predicted octanol–water partition coefficient (Wildman–Crippen LogP) is 4.50. The van der Waals surface area contributed by atoms with E-state index in [1.165, 1.54) is 0 Å². The van der Waals surface area contributed by atoms with E-state index in [0.717, 1.165) is 47.3 Å². The molecule has 3 N–H and O–H groups in total. The molecule has 5 heterocycles. The van der Waals surface area contributed by atoms with Gasteiger partial charge in [-0.15, -0.1) is 0 Å². The first-order valence-electron chi connectivity index (χ1n) is 13.2. The van der Waals surface area contributed by atoms with Crippen molar-refractivity contribution in [3.05, 3.63) is 70.6 Å². The topological polar surface area (TPSA) is 106 Å². The van der Waals surface area contributed by atoms with Gasteiger partial charge in [0.15, 0.2) is 0 Å². The number of carbonyl (C=O) groups is 1. The van der Waals surface area contributed by atoms with Gasteiger partial charge in [0.1, 0.15) is 0 Å². The monoisotopic (exact) mass is 577 g/mol. The minimum atomic E-state index is 0.108. The van der Waals surface area contributed by atoms with Crippen LogP contribution < -0.4 is 20.7 Å². The molecule has 2 fully saturated rings. The summed E-state index contributed by atoms with van der Waals surface area (Å²) in [4.78, 5) is 20.8. The number of nitrogens with one attached hydrogen (secondary N) is 3. The Hall–Kier alpha value is -3.50. The van der Waals surface area contributed by atoms with Crippen LogP contribution >= 0.6 is 23.2 Å². The van der Waals surface area contributed by atoms with Gasteiger partial charge >= 0.3 is 0 Å². The third-order valence-corrected chi connectivity index (χ3v) is 8.18. The van der Waals surface area contributed by atoms with E-state index in [1.54, 1.807) is 19.5 Å². The van der Waals surface area contributed by atoms with Gasteiger partial charge in [0.05, 0.1) is 40.8 Å². The molecule has 9 nitrogen and oxygen atoms in total. The van der Waals surface area contributed by atoms with E-state index in [4.69, 9.17) is 32.9 Å². The Morgan fingerprint density at radius 2 is 1.93 bits per heavy atom. The molecule has 11 heteroatoms. The number of hydrogen-bond acceptors (Lipinski definition) is 7. The third kappa shape index (κ3) is 5.30. The summed E-state index contributed by atoms with van der Waals surface area (Å²) in [6.45, 7) is 3.07. The molecule has 206 valence electrons. The fourth-order valence-corrected chi connectivity index (χ4v) is 5.70. The van der Waals surface area contributed by atoms with E-state index >= 15 is 0 Å². The van der Waals surface area contributed by atoms with E-state index in [9.17, 15) is 4.79 Å². The first-order valence-corrected chi connectivity index (χ1v) is 14.0. The molecular formula is C29H29Cl2N7O2. The number of ether oxygens (including phenoxy) is 1. The van der Waals surface area contributed by atoms with E-state index in [2.05, 4.69) is 26.0 Å². The highest BCUT2D eigenvalue weighted by Gasteiger charge is 2.23. The van der Waals surface area contributed by atoms with Crippen LogP contribution in [0.5, 0.6) is 5.88 Å². The Labute approximate surface area is 242 Å². The highest BCUT2D eigenvalue weighted by Crippen LogP contribution is 2.41. The summed E-state index contributed by atoms with van der Waals surface area (Å²) in [5.41, 5.74) is 5.46. The van der Waals surface area contributed by atoms with Gasteiger partial charge < -0.3 is 20.7 Å². The van der Waals surface area contributed by atoms with Crippen molar-refractivity contribution in [2.75, 3.05) is 26.7 Å². The lowest BCUT2D eigenvalue weighted by molar-refractivity contribution is -0.119. The summed E-state index contributed by atoms with van der Waals surface area (Å²) in [5.74, 6) is 0.626. The van der Waals surface area contributed by atoms with E-state index in [-0.39, 0.29) is 11.9 Å². The lowest BCUT2D eigenvalue weighted by atomic mass is 10.00. The van der Waals surface area contributed by atoms with Crippen LogP contribution in [-0.4, -0.2) is 58.4 Å². The fourth-order valence-electron chi connectivity index (χ4n) is 5.05. The van der Waals surface area contributed by atoms with Crippen molar-refractivity contribution in [2.24, 2.45) is 0 Å². The molecule has 0 radical (unpaired) electrons. The third-order valence-electron chi connectivity index (χ3n) is 7.39. The molecular weight excluding hydrogens is 549 g/mol. The van der Waals surface area contributed by atoms with Crippen molar-refractivity contribution in [3.8, 4) is 39.5 Å². The lowest BCUT2D eigenvalue weighted by Gasteiger charge is -2.27. The Morgan fingerprint density at radius 1 is 1.10 bits per heavy atom.